The second kappa shape index (κ2) is 5.21. The molecule has 1 aliphatic rings. The first kappa shape index (κ1) is 13.3. The number of hydrogen-bond acceptors (Lipinski definition) is 2. The molecular formula is C16H26N2. The first-order valence-corrected chi connectivity index (χ1v) is 7.09. The monoisotopic (exact) mass is 246 g/mol. The summed E-state index contributed by atoms with van der Waals surface area (Å²) in [6.45, 7) is 7.83. The van der Waals surface area contributed by atoms with E-state index in [1.165, 1.54) is 31.2 Å². The number of nitrogens with one attached hydrogen (secondary N) is 1. The van der Waals surface area contributed by atoms with E-state index in [2.05, 4.69) is 38.2 Å². The van der Waals surface area contributed by atoms with Crippen molar-refractivity contribution in [2.75, 3.05) is 17.6 Å². The van der Waals surface area contributed by atoms with Crippen LogP contribution in [0.2, 0.25) is 0 Å². The summed E-state index contributed by atoms with van der Waals surface area (Å²) in [6, 6.07) is 6.24. The van der Waals surface area contributed by atoms with Crippen molar-refractivity contribution in [1.29, 1.82) is 0 Å². The summed E-state index contributed by atoms with van der Waals surface area (Å²) in [5.74, 6) is 0.858. The van der Waals surface area contributed by atoms with Crippen molar-refractivity contribution < 1.29 is 0 Å². The van der Waals surface area contributed by atoms with Gasteiger partial charge in [0.25, 0.3) is 0 Å². The Bertz CT molecular complexity index is 404. The predicted molar refractivity (Wildman–Crippen MR) is 79.8 cm³/mol. The van der Waals surface area contributed by atoms with Crippen LogP contribution in [0.3, 0.4) is 0 Å². The minimum absolute atomic E-state index is 0.355. The number of aryl methyl sites for hydroxylation is 1. The molecule has 1 fully saturated rings. The van der Waals surface area contributed by atoms with Crippen LogP contribution in [0.5, 0.6) is 0 Å². The lowest BCUT2D eigenvalue weighted by molar-refractivity contribution is 0.234. The molecule has 100 valence electrons. The van der Waals surface area contributed by atoms with Crippen LogP contribution >= 0.6 is 0 Å². The Balaban J connectivity index is 1.97. The summed E-state index contributed by atoms with van der Waals surface area (Å²) in [5, 5.41) is 3.53. The van der Waals surface area contributed by atoms with Gasteiger partial charge in [0.1, 0.15) is 0 Å². The van der Waals surface area contributed by atoms with E-state index in [0.717, 1.165) is 23.8 Å². The van der Waals surface area contributed by atoms with Crippen molar-refractivity contribution >= 4 is 11.4 Å². The third-order valence-corrected chi connectivity index (χ3v) is 4.40. The van der Waals surface area contributed by atoms with Gasteiger partial charge in [0.05, 0.1) is 11.4 Å². The van der Waals surface area contributed by atoms with Gasteiger partial charge in [-0.1, -0.05) is 32.8 Å². The van der Waals surface area contributed by atoms with Crippen molar-refractivity contribution in [3.63, 3.8) is 0 Å². The lowest BCUT2D eigenvalue weighted by Gasteiger charge is -2.32. The first-order valence-electron chi connectivity index (χ1n) is 7.09. The topological polar surface area (TPSA) is 38.0 Å². The molecule has 0 heterocycles. The Labute approximate surface area is 111 Å². The van der Waals surface area contributed by atoms with Crippen LogP contribution < -0.4 is 11.1 Å². The molecule has 0 spiro atoms. The molecule has 1 aromatic carbocycles. The molecule has 2 heteroatoms. The van der Waals surface area contributed by atoms with Gasteiger partial charge in [-0.25, -0.2) is 0 Å². The van der Waals surface area contributed by atoms with Crippen LogP contribution in [0, 0.1) is 18.3 Å². The predicted octanol–water partition coefficient (Wildman–Crippen LogP) is 4.21. The van der Waals surface area contributed by atoms with Crippen molar-refractivity contribution in [3.8, 4) is 0 Å². The van der Waals surface area contributed by atoms with E-state index >= 15 is 0 Å². The third-order valence-electron chi connectivity index (χ3n) is 4.40. The fraction of sp³-hybridized carbons (Fsp3) is 0.625. The standard InChI is InChI=1S/C16H26N2/c1-12-8-9-15(14(17)10-12)18-11-16(2,3)13-6-4-5-7-13/h8-10,13,18H,4-7,11,17H2,1-3H3. The smallest absolute Gasteiger partial charge is 0.0574 e. The molecule has 0 aliphatic heterocycles. The highest BCUT2D eigenvalue weighted by Crippen LogP contribution is 2.39. The summed E-state index contributed by atoms with van der Waals surface area (Å²) in [5.41, 5.74) is 9.55. The van der Waals surface area contributed by atoms with Gasteiger partial charge in [-0.3, -0.25) is 0 Å². The Morgan fingerprint density at radius 2 is 1.94 bits per heavy atom. The number of hydrogen-bond donors (Lipinski definition) is 2. The van der Waals surface area contributed by atoms with Gasteiger partial charge >= 0.3 is 0 Å². The van der Waals surface area contributed by atoms with Crippen LogP contribution in [0.25, 0.3) is 0 Å². The summed E-state index contributed by atoms with van der Waals surface area (Å²) in [4.78, 5) is 0. The molecule has 1 saturated carbocycles. The molecule has 3 N–H and O–H groups in total. The third kappa shape index (κ3) is 2.98. The number of rotatable bonds is 4. The summed E-state index contributed by atoms with van der Waals surface area (Å²) in [7, 11) is 0. The van der Waals surface area contributed by atoms with E-state index in [1.807, 2.05) is 6.07 Å². The van der Waals surface area contributed by atoms with E-state index in [9.17, 15) is 0 Å². The normalized spacial score (nSPS) is 17.1. The largest absolute Gasteiger partial charge is 0.397 e. The number of nitrogen functional groups attached to an aromatic ring is 1. The molecule has 2 rings (SSSR count). The average Bonchev–Trinajstić information content (AvgIpc) is 2.82. The highest BCUT2D eigenvalue weighted by Gasteiger charge is 2.31. The summed E-state index contributed by atoms with van der Waals surface area (Å²) < 4.78 is 0. The van der Waals surface area contributed by atoms with Gasteiger partial charge in [0.2, 0.25) is 0 Å². The molecule has 0 aromatic heterocycles. The average molecular weight is 246 g/mol. The van der Waals surface area contributed by atoms with E-state index < -0.39 is 0 Å². The summed E-state index contributed by atoms with van der Waals surface area (Å²) in [6.07, 6.45) is 5.58. The fourth-order valence-corrected chi connectivity index (χ4v) is 3.02. The van der Waals surface area contributed by atoms with E-state index in [0.29, 0.717) is 5.41 Å². The zero-order valence-corrected chi connectivity index (χ0v) is 11.9. The zero-order chi connectivity index (χ0) is 13.2. The zero-order valence-electron chi connectivity index (χ0n) is 11.9. The molecule has 1 aliphatic carbocycles. The molecule has 0 unspecified atom stereocenters. The van der Waals surface area contributed by atoms with Gasteiger partial charge < -0.3 is 11.1 Å². The Hall–Kier alpha value is -1.18. The molecule has 0 radical (unpaired) electrons. The molecule has 18 heavy (non-hydrogen) atoms. The van der Waals surface area contributed by atoms with Crippen molar-refractivity contribution in [2.24, 2.45) is 11.3 Å². The summed E-state index contributed by atoms with van der Waals surface area (Å²) >= 11 is 0. The minimum atomic E-state index is 0.355. The van der Waals surface area contributed by atoms with Gasteiger partial charge in [-0.15, -0.1) is 0 Å². The van der Waals surface area contributed by atoms with E-state index in [4.69, 9.17) is 5.73 Å². The van der Waals surface area contributed by atoms with Gasteiger partial charge in [-0.2, -0.15) is 0 Å². The number of anilines is 2. The van der Waals surface area contributed by atoms with Gasteiger partial charge in [0.15, 0.2) is 0 Å². The maximum atomic E-state index is 6.04. The van der Waals surface area contributed by atoms with Crippen molar-refractivity contribution in [2.45, 2.75) is 46.5 Å². The Morgan fingerprint density at radius 3 is 2.56 bits per heavy atom. The quantitative estimate of drug-likeness (QED) is 0.781. The number of nitrogens with two attached hydrogens (primary N) is 1. The van der Waals surface area contributed by atoms with Gasteiger partial charge in [0, 0.05) is 6.54 Å². The van der Waals surface area contributed by atoms with Crippen LogP contribution in [-0.2, 0) is 0 Å². The highest BCUT2D eigenvalue weighted by atomic mass is 14.9. The van der Waals surface area contributed by atoms with Crippen molar-refractivity contribution in [3.05, 3.63) is 23.8 Å². The SMILES string of the molecule is Cc1ccc(NCC(C)(C)C2CCCC2)c(N)c1. The van der Waals surface area contributed by atoms with Crippen molar-refractivity contribution in [1.82, 2.24) is 0 Å². The molecular weight excluding hydrogens is 220 g/mol. The molecule has 2 nitrogen and oxygen atoms in total. The first-order chi connectivity index (χ1) is 8.49. The minimum Gasteiger partial charge on any atom is -0.397 e. The van der Waals surface area contributed by atoms with E-state index in [1.54, 1.807) is 0 Å². The molecule has 1 aromatic rings. The van der Waals surface area contributed by atoms with Gasteiger partial charge in [-0.05, 0) is 48.8 Å². The van der Waals surface area contributed by atoms with Crippen LogP contribution in [-0.4, -0.2) is 6.54 Å². The fourth-order valence-electron chi connectivity index (χ4n) is 3.02. The Kier molecular flexibility index (Phi) is 3.84. The lowest BCUT2D eigenvalue weighted by atomic mass is 9.77. The highest BCUT2D eigenvalue weighted by molar-refractivity contribution is 5.66. The lowest BCUT2D eigenvalue weighted by Crippen LogP contribution is -2.30. The molecule has 0 atom stereocenters. The molecule has 0 amide bonds. The molecule has 0 bridgehead atoms. The van der Waals surface area contributed by atoms with E-state index in [-0.39, 0.29) is 0 Å². The second-order valence-corrected chi connectivity index (χ2v) is 6.41. The van der Waals surface area contributed by atoms with Crippen LogP contribution in [0.4, 0.5) is 11.4 Å². The second-order valence-electron chi connectivity index (χ2n) is 6.41. The number of benzene rings is 1. The van der Waals surface area contributed by atoms with Crippen LogP contribution in [0.15, 0.2) is 18.2 Å². The Morgan fingerprint density at radius 1 is 1.28 bits per heavy atom. The maximum absolute atomic E-state index is 6.04. The molecule has 0 saturated heterocycles. The maximum Gasteiger partial charge on any atom is 0.0574 e. The van der Waals surface area contributed by atoms with Crippen LogP contribution in [0.1, 0.15) is 45.1 Å².